The summed E-state index contributed by atoms with van der Waals surface area (Å²) in [5.41, 5.74) is 1.87. The first-order valence-corrected chi connectivity index (χ1v) is 9.00. The van der Waals surface area contributed by atoms with Gasteiger partial charge >= 0.3 is 5.97 Å². The molecule has 6 heteroatoms. The van der Waals surface area contributed by atoms with E-state index in [1.165, 1.54) is 0 Å². The Labute approximate surface area is 156 Å². The first-order valence-electron chi connectivity index (χ1n) is 9.00. The molecule has 0 bridgehead atoms. The number of carboxylic acids is 1. The zero-order valence-corrected chi connectivity index (χ0v) is 15.0. The van der Waals surface area contributed by atoms with Crippen LogP contribution in [0.5, 0.6) is 5.75 Å². The lowest BCUT2D eigenvalue weighted by atomic mass is 9.97. The first kappa shape index (κ1) is 17.3. The van der Waals surface area contributed by atoms with Crippen molar-refractivity contribution in [2.75, 3.05) is 0 Å². The van der Waals surface area contributed by atoms with Gasteiger partial charge < -0.3 is 14.8 Å². The number of aromatic carboxylic acids is 1. The van der Waals surface area contributed by atoms with E-state index in [4.69, 9.17) is 0 Å². The summed E-state index contributed by atoms with van der Waals surface area (Å²) in [4.78, 5) is 28.7. The van der Waals surface area contributed by atoms with Crippen molar-refractivity contribution in [3.05, 3.63) is 58.9 Å². The van der Waals surface area contributed by atoms with Crippen LogP contribution in [0, 0.1) is 0 Å². The third kappa shape index (κ3) is 3.07. The van der Waals surface area contributed by atoms with Crippen LogP contribution in [0.2, 0.25) is 0 Å². The highest BCUT2D eigenvalue weighted by Crippen LogP contribution is 2.42. The van der Waals surface area contributed by atoms with Crippen molar-refractivity contribution < 1.29 is 19.8 Å². The van der Waals surface area contributed by atoms with E-state index in [2.05, 4.69) is 4.98 Å². The number of aromatic hydroxyl groups is 1. The molecule has 2 N–H and O–H groups in total. The summed E-state index contributed by atoms with van der Waals surface area (Å²) < 4.78 is 1.86. The number of phenolic OH excluding ortho intramolecular Hbond substituents is 1. The van der Waals surface area contributed by atoms with E-state index in [9.17, 15) is 19.8 Å². The summed E-state index contributed by atoms with van der Waals surface area (Å²) >= 11 is 0. The lowest BCUT2D eigenvalue weighted by Gasteiger charge is -2.10. The van der Waals surface area contributed by atoms with Crippen molar-refractivity contribution in [1.82, 2.24) is 9.55 Å². The molecule has 138 valence electrons. The number of carboxylic acid groups (broad SMARTS) is 1. The minimum absolute atomic E-state index is 0.0196. The van der Waals surface area contributed by atoms with Gasteiger partial charge in [0.2, 0.25) is 0 Å². The number of rotatable bonds is 6. The molecule has 0 saturated heterocycles. The Bertz CT molecular complexity index is 1050. The van der Waals surface area contributed by atoms with Gasteiger partial charge in [0, 0.05) is 30.5 Å². The van der Waals surface area contributed by atoms with Gasteiger partial charge in [0.1, 0.15) is 17.1 Å². The highest BCUT2D eigenvalue weighted by atomic mass is 16.4. The van der Waals surface area contributed by atoms with Gasteiger partial charge in [-0.1, -0.05) is 30.3 Å². The van der Waals surface area contributed by atoms with E-state index in [1.54, 1.807) is 30.3 Å². The summed E-state index contributed by atoms with van der Waals surface area (Å²) in [5, 5.41) is 20.4. The van der Waals surface area contributed by atoms with Gasteiger partial charge in [-0.15, -0.1) is 0 Å². The molecule has 2 aromatic carbocycles. The molecule has 1 heterocycles. The molecule has 1 aromatic heterocycles. The molecule has 1 fully saturated rings. The number of nitrogens with zero attached hydrogens (tertiary/aromatic N) is 2. The van der Waals surface area contributed by atoms with E-state index in [0.29, 0.717) is 22.5 Å². The predicted molar refractivity (Wildman–Crippen MR) is 100 cm³/mol. The van der Waals surface area contributed by atoms with Crippen molar-refractivity contribution in [3.63, 3.8) is 0 Å². The van der Waals surface area contributed by atoms with Gasteiger partial charge in [0.15, 0.2) is 5.78 Å². The Balaban J connectivity index is 1.72. The number of benzene rings is 2. The molecule has 0 unspecified atom stereocenters. The maximum absolute atomic E-state index is 12.4. The minimum atomic E-state index is -1.12. The maximum atomic E-state index is 12.4. The van der Waals surface area contributed by atoms with E-state index in [1.807, 2.05) is 17.7 Å². The number of carbonyl (C=O) groups excluding carboxylic acids is 1. The van der Waals surface area contributed by atoms with Crippen LogP contribution in [0.1, 0.15) is 57.3 Å². The molecule has 1 aliphatic carbocycles. The number of carbonyl (C=O) groups is 2. The lowest BCUT2D eigenvalue weighted by Crippen LogP contribution is -2.07. The Hall–Kier alpha value is -3.15. The van der Waals surface area contributed by atoms with Gasteiger partial charge in [-0.3, -0.25) is 4.79 Å². The summed E-state index contributed by atoms with van der Waals surface area (Å²) in [6.07, 6.45) is 2.38. The molecule has 3 aromatic rings. The molecule has 4 rings (SSSR count). The second-order valence-corrected chi connectivity index (χ2v) is 7.02. The van der Waals surface area contributed by atoms with Gasteiger partial charge in [-0.25, -0.2) is 9.78 Å². The smallest absolute Gasteiger partial charge is 0.336 e. The summed E-state index contributed by atoms with van der Waals surface area (Å²) in [6, 6.07) is 10.4. The average molecular weight is 364 g/mol. The second-order valence-electron chi connectivity index (χ2n) is 7.02. The molecule has 1 aliphatic rings. The van der Waals surface area contributed by atoms with Crippen molar-refractivity contribution in [2.24, 2.45) is 7.05 Å². The van der Waals surface area contributed by atoms with Crippen molar-refractivity contribution >= 4 is 22.8 Å². The molecule has 0 spiro atoms. The lowest BCUT2D eigenvalue weighted by molar-refractivity contribution is 0.0694. The van der Waals surface area contributed by atoms with Crippen LogP contribution in [-0.4, -0.2) is 31.5 Å². The molecule has 0 radical (unpaired) electrons. The number of Topliss-reactive ketones (excluding diaryl/α,β-unsaturated/α-hetero) is 1. The summed E-state index contributed by atoms with van der Waals surface area (Å²) in [6.45, 7) is 0. The standard InChI is InChI=1S/C21H20N2O4/c1-23-16-11-15(21(26)27)14(9-10-17(24)12-5-3-2-4-6-12)19(25)18(16)22-20(23)13-7-8-13/h2-6,11,13,25H,7-10H2,1H3,(H,26,27). The largest absolute Gasteiger partial charge is 0.505 e. The number of fused-ring (bicyclic) bond motifs is 1. The van der Waals surface area contributed by atoms with E-state index < -0.39 is 5.97 Å². The molecular formula is C21H20N2O4. The monoisotopic (exact) mass is 364 g/mol. The molecule has 6 nitrogen and oxygen atoms in total. The first-order chi connectivity index (χ1) is 13.0. The second kappa shape index (κ2) is 6.54. The number of aromatic nitrogens is 2. The third-order valence-corrected chi connectivity index (χ3v) is 5.16. The number of phenols is 1. The Morgan fingerprint density at radius 1 is 1.22 bits per heavy atom. The van der Waals surface area contributed by atoms with E-state index in [0.717, 1.165) is 18.7 Å². The minimum Gasteiger partial charge on any atom is -0.505 e. The van der Waals surface area contributed by atoms with Gasteiger partial charge in [0.25, 0.3) is 0 Å². The van der Waals surface area contributed by atoms with Crippen LogP contribution < -0.4 is 0 Å². The normalized spacial score (nSPS) is 13.8. The fraction of sp³-hybridized carbons (Fsp3) is 0.286. The van der Waals surface area contributed by atoms with Crippen LogP contribution in [0.4, 0.5) is 0 Å². The van der Waals surface area contributed by atoms with Crippen LogP contribution >= 0.6 is 0 Å². The van der Waals surface area contributed by atoms with Crippen LogP contribution in [0.25, 0.3) is 11.0 Å². The van der Waals surface area contributed by atoms with E-state index >= 15 is 0 Å². The van der Waals surface area contributed by atoms with Crippen molar-refractivity contribution in [3.8, 4) is 5.75 Å². The number of hydrogen-bond acceptors (Lipinski definition) is 4. The Morgan fingerprint density at radius 2 is 1.93 bits per heavy atom. The number of hydrogen-bond donors (Lipinski definition) is 2. The zero-order chi connectivity index (χ0) is 19.1. The van der Waals surface area contributed by atoms with Crippen molar-refractivity contribution in [1.29, 1.82) is 0 Å². The van der Waals surface area contributed by atoms with E-state index in [-0.39, 0.29) is 35.5 Å². The predicted octanol–water partition coefficient (Wildman–Crippen LogP) is 3.67. The molecule has 0 amide bonds. The highest BCUT2D eigenvalue weighted by molar-refractivity contribution is 5.99. The zero-order valence-electron chi connectivity index (χ0n) is 15.0. The maximum Gasteiger partial charge on any atom is 0.336 e. The average Bonchev–Trinajstić information content (AvgIpc) is 3.45. The SMILES string of the molecule is Cn1c(C2CC2)nc2c(O)c(CCC(=O)c3ccccc3)c(C(=O)O)cc21. The van der Waals surface area contributed by atoms with Crippen molar-refractivity contribution in [2.45, 2.75) is 31.6 Å². The van der Waals surface area contributed by atoms with Gasteiger partial charge in [0.05, 0.1) is 11.1 Å². The van der Waals surface area contributed by atoms with Crippen LogP contribution in [0.15, 0.2) is 36.4 Å². The number of imidazole rings is 1. The van der Waals surface area contributed by atoms with Gasteiger partial charge in [-0.05, 0) is 25.3 Å². The third-order valence-electron chi connectivity index (χ3n) is 5.16. The Kier molecular flexibility index (Phi) is 4.18. The summed E-state index contributed by atoms with van der Waals surface area (Å²) in [7, 11) is 1.84. The molecule has 0 atom stereocenters. The molecule has 0 aliphatic heterocycles. The number of aryl methyl sites for hydroxylation is 1. The quantitative estimate of drug-likeness (QED) is 0.651. The molecule has 27 heavy (non-hydrogen) atoms. The fourth-order valence-corrected chi connectivity index (χ4v) is 3.52. The van der Waals surface area contributed by atoms with Crippen LogP contribution in [0.3, 0.4) is 0 Å². The highest BCUT2D eigenvalue weighted by Gasteiger charge is 2.30. The van der Waals surface area contributed by atoms with Crippen LogP contribution in [-0.2, 0) is 13.5 Å². The summed E-state index contributed by atoms with van der Waals surface area (Å²) in [5.74, 6) is -0.102. The topological polar surface area (TPSA) is 92.4 Å². The molecule has 1 saturated carbocycles. The number of ketones is 1. The Morgan fingerprint density at radius 3 is 2.56 bits per heavy atom. The van der Waals surface area contributed by atoms with Gasteiger partial charge in [-0.2, -0.15) is 0 Å². The molecular weight excluding hydrogens is 344 g/mol. The fourth-order valence-electron chi connectivity index (χ4n) is 3.52.